The second-order valence-electron chi connectivity index (χ2n) is 6.96. The normalized spacial score (nSPS) is 14.7. The summed E-state index contributed by atoms with van der Waals surface area (Å²) in [5.74, 6) is -1.61. The highest BCUT2D eigenvalue weighted by atomic mass is 16.4. The van der Waals surface area contributed by atoms with Crippen LogP contribution in [0.4, 0.5) is 5.69 Å². The molecular weight excluding hydrogens is 374 g/mol. The van der Waals surface area contributed by atoms with E-state index in [1.807, 2.05) is 0 Å². The van der Waals surface area contributed by atoms with E-state index in [0.29, 0.717) is 53.8 Å². The fourth-order valence-corrected chi connectivity index (χ4v) is 3.39. The molecule has 2 heterocycles. The molecule has 9 nitrogen and oxygen atoms in total. The zero-order valence-electron chi connectivity index (χ0n) is 15.5. The molecule has 3 N–H and O–H groups in total. The van der Waals surface area contributed by atoms with E-state index >= 15 is 0 Å². The zero-order chi connectivity index (χ0) is 20.4. The first kappa shape index (κ1) is 18.6. The Kier molecular flexibility index (Phi) is 4.94. The number of nitrogens with zero attached hydrogens (tertiary/aromatic N) is 3. The Morgan fingerprint density at radius 3 is 2.31 bits per heavy atom. The predicted molar refractivity (Wildman–Crippen MR) is 105 cm³/mol. The number of hydrogen-bond acceptors (Lipinski definition) is 5. The van der Waals surface area contributed by atoms with Gasteiger partial charge in [0.1, 0.15) is 11.0 Å². The Balaban J connectivity index is 1.39. The summed E-state index contributed by atoms with van der Waals surface area (Å²) in [6, 6.07) is 11.7. The van der Waals surface area contributed by atoms with Crippen LogP contribution in [0.1, 0.15) is 33.6 Å². The number of carbonyl (C=O) groups is 3. The fourth-order valence-electron chi connectivity index (χ4n) is 3.39. The molecule has 0 unspecified atom stereocenters. The number of aromatic amines is 1. The molecule has 1 aromatic heterocycles. The molecule has 4 rings (SSSR count). The van der Waals surface area contributed by atoms with Crippen LogP contribution in [0, 0.1) is 5.92 Å². The smallest absolute Gasteiger partial charge is 0.306 e. The van der Waals surface area contributed by atoms with Gasteiger partial charge in [0.05, 0.1) is 5.92 Å². The first-order valence-corrected chi connectivity index (χ1v) is 9.25. The predicted octanol–water partition coefficient (Wildman–Crippen LogP) is 2.15. The number of piperidine rings is 1. The number of carboxylic acids is 1. The van der Waals surface area contributed by atoms with Gasteiger partial charge in [0, 0.05) is 29.9 Å². The van der Waals surface area contributed by atoms with Gasteiger partial charge in [0.2, 0.25) is 0 Å². The van der Waals surface area contributed by atoms with E-state index in [2.05, 4.69) is 20.7 Å². The van der Waals surface area contributed by atoms with Crippen molar-refractivity contribution in [3.63, 3.8) is 0 Å². The van der Waals surface area contributed by atoms with Gasteiger partial charge in [-0.15, -0.1) is 0 Å². The maximum absolute atomic E-state index is 12.6. The monoisotopic (exact) mass is 393 g/mol. The summed E-state index contributed by atoms with van der Waals surface area (Å²) < 4.78 is 0. The molecule has 29 heavy (non-hydrogen) atoms. The maximum atomic E-state index is 12.6. The molecule has 148 valence electrons. The molecule has 0 bridgehead atoms. The molecule has 0 aliphatic carbocycles. The number of fused-ring (bicyclic) bond motifs is 1. The van der Waals surface area contributed by atoms with Crippen LogP contribution < -0.4 is 5.32 Å². The van der Waals surface area contributed by atoms with Crippen LogP contribution in [-0.2, 0) is 4.79 Å². The number of H-pyrrole nitrogens is 1. The number of benzene rings is 2. The lowest BCUT2D eigenvalue weighted by Crippen LogP contribution is -2.40. The number of aliphatic carboxylic acids is 1. The summed E-state index contributed by atoms with van der Waals surface area (Å²) >= 11 is 0. The molecular formula is C20H19N5O4. The lowest BCUT2D eigenvalue weighted by Gasteiger charge is -2.30. The Morgan fingerprint density at radius 2 is 1.62 bits per heavy atom. The number of nitrogens with one attached hydrogen (secondary N) is 2. The minimum Gasteiger partial charge on any atom is -0.481 e. The number of carbonyl (C=O) groups excluding carboxylic acids is 2. The van der Waals surface area contributed by atoms with Crippen LogP contribution in [0.25, 0.3) is 11.0 Å². The number of rotatable bonds is 4. The van der Waals surface area contributed by atoms with Crippen LogP contribution >= 0.6 is 0 Å². The molecule has 1 aliphatic rings. The van der Waals surface area contributed by atoms with Crippen molar-refractivity contribution in [3.05, 3.63) is 53.6 Å². The lowest BCUT2D eigenvalue weighted by atomic mass is 9.96. The van der Waals surface area contributed by atoms with E-state index in [1.165, 1.54) is 0 Å². The largest absolute Gasteiger partial charge is 0.481 e. The third-order valence-corrected chi connectivity index (χ3v) is 5.10. The highest BCUT2D eigenvalue weighted by Crippen LogP contribution is 2.20. The average molecular weight is 393 g/mol. The molecule has 9 heteroatoms. The minimum absolute atomic E-state index is 0.136. The lowest BCUT2D eigenvalue weighted by molar-refractivity contribution is -0.143. The third kappa shape index (κ3) is 3.93. The molecule has 1 saturated heterocycles. The number of hydrogen-bond donors (Lipinski definition) is 3. The highest BCUT2D eigenvalue weighted by Gasteiger charge is 2.27. The van der Waals surface area contributed by atoms with E-state index in [-0.39, 0.29) is 17.7 Å². The van der Waals surface area contributed by atoms with Gasteiger partial charge in [-0.05, 0) is 55.3 Å². The van der Waals surface area contributed by atoms with E-state index in [0.717, 1.165) is 0 Å². The number of carboxylic acid groups (broad SMARTS) is 1. The molecule has 1 aliphatic heterocycles. The van der Waals surface area contributed by atoms with Crippen LogP contribution in [0.5, 0.6) is 0 Å². The number of anilines is 1. The molecule has 1 fully saturated rings. The van der Waals surface area contributed by atoms with Gasteiger partial charge in [0.15, 0.2) is 0 Å². The summed E-state index contributed by atoms with van der Waals surface area (Å²) in [4.78, 5) is 37.7. The van der Waals surface area contributed by atoms with Crippen molar-refractivity contribution in [2.75, 3.05) is 18.4 Å². The number of likely N-dealkylation sites (tertiary alicyclic amines) is 1. The topological polar surface area (TPSA) is 128 Å². The zero-order valence-corrected chi connectivity index (χ0v) is 15.5. The second-order valence-corrected chi connectivity index (χ2v) is 6.96. The summed E-state index contributed by atoms with van der Waals surface area (Å²) in [5, 5.41) is 22.3. The molecule has 2 aromatic carbocycles. The molecule has 3 aromatic rings. The quantitative estimate of drug-likeness (QED) is 0.623. The Morgan fingerprint density at radius 1 is 0.966 bits per heavy atom. The van der Waals surface area contributed by atoms with Crippen LogP contribution in [0.3, 0.4) is 0 Å². The van der Waals surface area contributed by atoms with Crippen molar-refractivity contribution in [1.29, 1.82) is 0 Å². The molecule has 0 saturated carbocycles. The van der Waals surface area contributed by atoms with Crippen molar-refractivity contribution in [2.45, 2.75) is 12.8 Å². The van der Waals surface area contributed by atoms with Crippen molar-refractivity contribution < 1.29 is 19.5 Å². The van der Waals surface area contributed by atoms with E-state index in [9.17, 15) is 14.4 Å². The van der Waals surface area contributed by atoms with Gasteiger partial charge in [-0.1, -0.05) is 0 Å². The van der Waals surface area contributed by atoms with Gasteiger partial charge in [-0.2, -0.15) is 15.4 Å². The summed E-state index contributed by atoms with van der Waals surface area (Å²) in [5.41, 5.74) is 2.80. The minimum atomic E-state index is -0.806. The summed E-state index contributed by atoms with van der Waals surface area (Å²) in [6.07, 6.45) is 0.927. The third-order valence-electron chi connectivity index (χ3n) is 5.10. The first-order valence-electron chi connectivity index (χ1n) is 9.25. The van der Waals surface area contributed by atoms with Crippen molar-refractivity contribution >= 4 is 34.5 Å². The Hall–Kier alpha value is -3.75. The maximum Gasteiger partial charge on any atom is 0.306 e. The SMILES string of the molecule is O=C(Nc1ccc(C(=O)N2CCC(C(=O)O)CC2)cc1)c1ccc2n[nH]nc2c1. The Bertz CT molecular complexity index is 1070. The van der Waals surface area contributed by atoms with Crippen LogP contribution in [0.15, 0.2) is 42.5 Å². The average Bonchev–Trinajstić information content (AvgIpc) is 3.21. The first-order chi connectivity index (χ1) is 14.0. The van der Waals surface area contributed by atoms with Crippen molar-refractivity contribution in [2.24, 2.45) is 5.92 Å². The van der Waals surface area contributed by atoms with Crippen molar-refractivity contribution in [3.8, 4) is 0 Å². The molecule has 0 spiro atoms. The van der Waals surface area contributed by atoms with Gasteiger partial charge in [-0.25, -0.2) is 0 Å². The molecule has 0 atom stereocenters. The fraction of sp³-hybridized carbons (Fsp3) is 0.250. The standard InChI is InChI=1S/C20H19N5O4/c26-18(14-3-6-16-17(11-14)23-24-22-16)21-15-4-1-12(2-5-15)19(27)25-9-7-13(8-10-25)20(28)29/h1-6,11,13H,7-10H2,(H,21,26)(H,28,29)(H,22,23,24). The van der Waals surface area contributed by atoms with Crippen LogP contribution in [0.2, 0.25) is 0 Å². The molecule has 0 radical (unpaired) electrons. The van der Waals surface area contributed by atoms with Crippen molar-refractivity contribution in [1.82, 2.24) is 20.3 Å². The summed E-state index contributed by atoms with van der Waals surface area (Å²) in [6.45, 7) is 0.859. The number of aromatic nitrogens is 3. The van der Waals surface area contributed by atoms with Crippen LogP contribution in [-0.4, -0.2) is 56.3 Å². The van der Waals surface area contributed by atoms with Gasteiger partial charge in [-0.3, -0.25) is 14.4 Å². The molecule has 2 amide bonds. The second kappa shape index (κ2) is 7.70. The van der Waals surface area contributed by atoms with Gasteiger partial charge >= 0.3 is 5.97 Å². The highest BCUT2D eigenvalue weighted by molar-refractivity contribution is 6.06. The number of amides is 2. The van der Waals surface area contributed by atoms with E-state index < -0.39 is 5.97 Å². The van der Waals surface area contributed by atoms with Gasteiger partial charge < -0.3 is 15.3 Å². The van der Waals surface area contributed by atoms with Gasteiger partial charge in [0.25, 0.3) is 11.8 Å². The Labute approximate surface area is 165 Å². The van der Waals surface area contributed by atoms with E-state index in [4.69, 9.17) is 5.11 Å². The summed E-state index contributed by atoms with van der Waals surface area (Å²) in [7, 11) is 0. The van der Waals surface area contributed by atoms with E-state index in [1.54, 1.807) is 47.4 Å².